The highest BCUT2D eigenvalue weighted by Crippen LogP contribution is 2.04. The van der Waals surface area contributed by atoms with Crippen molar-refractivity contribution in [3.8, 4) is 0 Å². The van der Waals surface area contributed by atoms with Crippen LogP contribution in [0.3, 0.4) is 0 Å². The SMILES string of the molecule is NCCCCC(NC(=O)C(CS)NC(=O)C(N)CO)C(=O)NC(CS)C(=O)O. The first-order valence-electron chi connectivity index (χ1n) is 8.63. The van der Waals surface area contributed by atoms with Crippen molar-refractivity contribution in [2.75, 3.05) is 24.7 Å². The van der Waals surface area contributed by atoms with E-state index >= 15 is 0 Å². The smallest absolute Gasteiger partial charge is 0.327 e. The van der Waals surface area contributed by atoms with Crippen LogP contribution in [0.5, 0.6) is 0 Å². The molecule has 0 aliphatic rings. The van der Waals surface area contributed by atoms with Crippen molar-refractivity contribution in [1.29, 1.82) is 0 Å². The number of aliphatic carboxylic acids is 1. The fourth-order valence-corrected chi connectivity index (χ4v) is 2.55. The number of nitrogens with one attached hydrogen (secondary N) is 3. The van der Waals surface area contributed by atoms with Crippen LogP contribution in [0.4, 0.5) is 0 Å². The van der Waals surface area contributed by atoms with E-state index in [1.54, 1.807) is 0 Å². The summed E-state index contributed by atoms with van der Waals surface area (Å²) >= 11 is 7.88. The van der Waals surface area contributed by atoms with Gasteiger partial charge in [-0.1, -0.05) is 0 Å². The maximum absolute atomic E-state index is 12.4. The molecule has 0 saturated carbocycles. The van der Waals surface area contributed by atoms with Crippen LogP contribution in [-0.2, 0) is 19.2 Å². The second-order valence-electron chi connectivity index (χ2n) is 5.96. The van der Waals surface area contributed by atoms with Gasteiger partial charge in [0.05, 0.1) is 6.61 Å². The Morgan fingerprint density at radius 3 is 1.82 bits per heavy atom. The minimum Gasteiger partial charge on any atom is -0.480 e. The Balaban J connectivity index is 5.12. The summed E-state index contributed by atoms with van der Waals surface area (Å²) in [6, 6.07) is -4.55. The molecular weight excluding hydrogens is 410 g/mol. The van der Waals surface area contributed by atoms with Gasteiger partial charge in [-0.3, -0.25) is 14.4 Å². The molecule has 0 aromatic carbocycles. The summed E-state index contributed by atoms with van der Waals surface area (Å²) < 4.78 is 0. The van der Waals surface area contributed by atoms with Gasteiger partial charge in [-0.25, -0.2) is 4.79 Å². The summed E-state index contributed by atoms with van der Waals surface area (Å²) in [5.74, 6) is -3.60. The summed E-state index contributed by atoms with van der Waals surface area (Å²) in [7, 11) is 0. The molecule has 0 fully saturated rings. The molecule has 162 valence electrons. The molecule has 9 N–H and O–H groups in total. The highest BCUT2D eigenvalue weighted by molar-refractivity contribution is 7.80. The van der Waals surface area contributed by atoms with Crippen molar-refractivity contribution >= 4 is 48.9 Å². The molecule has 0 aliphatic heterocycles. The van der Waals surface area contributed by atoms with Gasteiger partial charge in [0, 0.05) is 11.5 Å². The molecule has 0 saturated heterocycles. The Labute approximate surface area is 174 Å². The topological polar surface area (TPSA) is 197 Å². The predicted octanol–water partition coefficient (Wildman–Crippen LogP) is -3.17. The van der Waals surface area contributed by atoms with Crippen molar-refractivity contribution in [2.45, 2.75) is 43.4 Å². The van der Waals surface area contributed by atoms with E-state index in [9.17, 15) is 19.2 Å². The number of amides is 3. The van der Waals surface area contributed by atoms with Crippen LogP contribution < -0.4 is 27.4 Å². The number of carbonyl (C=O) groups is 4. The van der Waals surface area contributed by atoms with Crippen LogP contribution in [0.2, 0.25) is 0 Å². The van der Waals surface area contributed by atoms with Crippen molar-refractivity contribution in [2.24, 2.45) is 11.5 Å². The molecule has 0 aromatic rings. The third kappa shape index (κ3) is 9.59. The van der Waals surface area contributed by atoms with Gasteiger partial charge < -0.3 is 37.6 Å². The van der Waals surface area contributed by atoms with Gasteiger partial charge >= 0.3 is 5.97 Å². The molecule has 0 bridgehead atoms. The highest BCUT2D eigenvalue weighted by atomic mass is 32.1. The van der Waals surface area contributed by atoms with Crippen molar-refractivity contribution in [3.05, 3.63) is 0 Å². The summed E-state index contributed by atoms with van der Waals surface area (Å²) in [4.78, 5) is 47.7. The van der Waals surface area contributed by atoms with E-state index in [2.05, 4.69) is 41.2 Å². The van der Waals surface area contributed by atoms with Gasteiger partial charge in [-0.2, -0.15) is 25.3 Å². The summed E-state index contributed by atoms with van der Waals surface area (Å²) in [6.45, 7) is -0.206. The number of carboxylic acids is 1. The largest absolute Gasteiger partial charge is 0.480 e. The number of aliphatic hydroxyl groups excluding tert-OH is 1. The Morgan fingerprint density at radius 1 is 0.857 bits per heavy atom. The van der Waals surface area contributed by atoms with E-state index in [1.165, 1.54) is 0 Å². The average Bonchev–Trinajstić information content (AvgIpc) is 2.67. The number of carboxylic acid groups (broad SMARTS) is 1. The molecular formula is C15H29N5O6S2. The van der Waals surface area contributed by atoms with E-state index in [0.717, 1.165) is 0 Å². The zero-order valence-electron chi connectivity index (χ0n) is 15.3. The third-order valence-electron chi connectivity index (χ3n) is 3.73. The monoisotopic (exact) mass is 439 g/mol. The number of nitrogens with two attached hydrogens (primary N) is 2. The number of thiol groups is 2. The first-order valence-corrected chi connectivity index (χ1v) is 9.90. The van der Waals surface area contributed by atoms with Crippen LogP contribution in [0, 0.1) is 0 Å². The summed E-state index contributed by atoms with van der Waals surface area (Å²) in [5.41, 5.74) is 10.8. The number of carbonyl (C=O) groups excluding carboxylic acids is 3. The van der Waals surface area contributed by atoms with Crippen molar-refractivity contribution < 1.29 is 29.4 Å². The van der Waals surface area contributed by atoms with Crippen molar-refractivity contribution in [3.63, 3.8) is 0 Å². The Morgan fingerprint density at radius 2 is 1.36 bits per heavy atom. The van der Waals surface area contributed by atoms with E-state index in [4.69, 9.17) is 21.7 Å². The zero-order valence-corrected chi connectivity index (χ0v) is 17.1. The molecule has 11 nitrogen and oxygen atoms in total. The number of rotatable bonds is 14. The number of hydrogen-bond acceptors (Lipinski definition) is 9. The minimum absolute atomic E-state index is 0.0821. The first kappa shape index (κ1) is 26.5. The lowest BCUT2D eigenvalue weighted by molar-refractivity contribution is -0.141. The molecule has 0 aromatic heterocycles. The third-order valence-corrected chi connectivity index (χ3v) is 4.46. The lowest BCUT2D eigenvalue weighted by Gasteiger charge is -2.24. The van der Waals surface area contributed by atoms with E-state index in [1.807, 2.05) is 0 Å². The zero-order chi connectivity index (χ0) is 21.7. The van der Waals surface area contributed by atoms with Gasteiger partial charge in [0.2, 0.25) is 17.7 Å². The molecule has 4 unspecified atom stereocenters. The van der Waals surface area contributed by atoms with E-state index in [0.29, 0.717) is 19.4 Å². The van der Waals surface area contributed by atoms with Crippen molar-refractivity contribution in [1.82, 2.24) is 16.0 Å². The first-order chi connectivity index (χ1) is 13.2. The van der Waals surface area contributed by atoms with Gasteiger partial charge in [0.1, 0.15) is 24.2 Å². The van der Waals surface area contributed by atoms with Crippen LogP contribution in [0.25, 0.3) is 0 Å². The molecule has 0 radical (unpaired) electrons. The van der Waals surface area contributed by atoms with Crippen LogP contribution in [-0.4, -0.2) is 82.7 Å². The molecule has 0 aliphatic carbocycles. The Bertz CT molecular complexity index is 539. The van der Waals surface area contributed by atoms with Crippen LogP contribution in [0.1, 0.15) is 19.3 Å². The molecule has 0 rings (SSSR count). The van der Waals surface area contributed by atoms with Gasteiger partial charge in [-0.15, -0.1) is 0 Å². The van der Waals surface area contributed by atoms with Gasteiger partial charge in [0.15, 0.2) is 0 Å². The van der Waals surface area contributed by atoms with Crippen LogP contribution >= 0.6 is 25.3 Å². The quantitative estimate of drug-likeness (QED) is 0.0997. The predicted molar refractivity (Wildman–Crippen MR) is 109 cm³/mol. The number of hydrogen-bond donors (Lipinski definition) is 9. The normalized spacial score (nSPS) is 15.0. The van der Waals surface area contributed by atoms with Crippen LogP contribution in [0.15, 0.2) is 0 Å². The second-order valence-corrected chi connectivity index (χ2v) is 6.69. The molecule has 4 atom stereocenters. The van der Waals surface area contributed by atoms with Gasteiger partial charge in [-0.05, 0) is 25.8 Å². The molecule has 28 heavy (non-hydrogen) atoms. The highest BCUT2D eigenvalue weighted by Gasteiger charge is 2.29. The van der Waals surface area contributed by atoms with Gasteiger partial charge in [0.25, 0.3) is 0 Å². The lowest BCUT2D eigenvalue weighted by atomic mass is 10.1. The average molecular weight is 440 g/mol. The van der Waals surface area contributed by atoms with E-state index < -0.39 is 54.5 Å². The maximum atomic E-state index is 12.4. The summed E-state index contributed by atoms with van der Waals surface area (Å²) in [5, 5.41) is 25.1. The Kier molecular flexibility index (Phi) is 13.7. The molecule has 13 heteroatoms. The fraction of sp³-hybridized carbons (Fsp3) is 0.733. The second kappa shape index (κ2) is 14.5. The Hall–Kier alpha value is -1.54. The minimum atomic E-state index is -1.26. The maximum Gasteiger partial charge on any atom is 0.327 e. The summed E-state index contributed by atoms with van der Waals surface area (Å²) in [6.07, 6.45) is 1.34. The lowest BCUT2D eigenvalue weighted by Crippen LogP contribution is -2.58. The van der Waals surface area contributed by atoms with E-state index in [-0.39, 0.29) is 17.9 Å². The molecule has 0 heterocycles. The fourth-order valence-electron chi connectivity index (χ4n) is 2.05. The number of unbranched alkanes of at least 4 members (excludes halogenated alkanes) is 1. The molecule has 3 amide bonds. The molecule has 0 spiro atoms. The standard InChI is InChI=1S/C15H29N5O6S2/c16-4-2-1-3-9(13(23)20-11(7-28)15(25)26)18-14(24)10(6-27)19-12(22)8(17)5-21/h8-11,21,27-28H,1-7,16-17H2,(H,18,24)(H,19,22)(H,20,23)(H,25,26). The number of aliphatic hydroxyl groups is 1.